The Bertz CT molecular complexity index is 308. The second kappa shape index (κ2) is 4.55. The molecule has 0 saturated carbocycles. The Morgan fingerprint density at radius 3 is 3.29 bits per heavy atom. The third-order valence-corrected chi connectivity index (χ3v) is 3.08. The number of nitrogens with one attached hydrogen (secondary N) is 1. The highest BCUT2D eigenvalue weighted by molar-refractivity contribution is 8.14. The minimum atomic E-state index is 0.626. The number of aliphatic imine (C=N–C) groups is 1. The molecule has 1 aliphatic rings. The number of amidine groups is 1. The Balaban J connectivity index is 1.69. The Hall–Kier alpha value is -0.900. The molecule has 1 N–H and O–H groups in total. The van der Waals surface area contributed by atoms with Gasteiger partial charge in [0.2, 0.25) is 0 Å². The third-order valence-electron chi connectivity index (χ3n) is 2.03. The lowest BCUT2D eigenvalue weighted by Crippen LogP contribution is -2.21. The molecular formula is C10H14N2OS. The van der Waals surface area contributed by atoms with Crippen molar-refractivity contribution in [3.05, 3.63) is 24.2 Å². The van der Waals surface area contributed by atoms with Crippen LogP contribution in [0.15, 0.2) is 27.8 Å². The number of hydrogen-bond donors (Lipinski definition) is 1. The lowest BCUT2D eigenvalue weighted by atomic mass is 10.3. The molecule has 0 aromatic carbocycles. The highest BCUT2D eigenvalue weighted by atomic mass is 32.2. The molecule has 0 radical (unpaired) electrons. The van der Waals surface area contributed by atoms with Gasteiger partial charge in [-0.15, -0.1) is 0 Å². The molecule has 3 nitrogen and oxygen atoms in total. The maximum Gasteiger partial charge on any atom is 0.156 e. The van der Waals surface area contributed by atoms with Crippen LogP contribution in [0.2, 0.25) is 0 Å². The van der Waals surface area contributed by atoms with Gasteiger partial charge in [0.15, 0.2) is 5.17 Å². The van der Waals surface area contributed by atoms with Crippen LogP contribution in [0.1, 0.15) is 12.7 Å². The van der Waals surface area contributed by atoms with Crippen LogP contribution < -0.4 is 5.32 Å². The molecule has 0 saturated heterocycles. The van der Waals surface area contributed by atoms with E-state index in [-0.39, 0.29) is 0 Å². The highest BCUT2D eigenvalue weighted by Crippen LogP contribution is 2.18. The standard InChI is InChI=1S/C10H14N2OS/c1-8-7-12-10(14-8)11-5-4-9-3-2-6-13-9/h2-3,6,8H,4-5,7H2,1H3,(H,11,12). The molecule has 0 fully saturated rings. The molecule has 0 amide bonds. The lowest BCUT2D eigenvalue weighted by molar-refractivity contribution is 0.507. The molecule has 1 atom stereocenters. The zero-order chi connectivity index (χ0) is 9.80. The molecule has 14 heavy (non-hydrogen) atoms. The number of furan rings is 1. The van der Waals surface area contributed by atoms with E-state index in [0.717, 1.165) is 30.4 Å². The van der Waals surface area contributed by atoms with E-state index < -0.39 is 0 Å². The molecule has 0 spiro atoms. The first-order valence-electron chi connectivity index (χ1n) is 4.82. The van der Waals surface area contributed by atoms with Crippen molar-refractivity contribution in [2.75, 3.05) is 13.1 Å². The average Bonchev–Trinajstić information content (AvgIpc) is 2.77. The van der Waals surface area contributed by atoms with Gasteiger partial charge in [0.05, 0.1) is 12.8 Å². The number of nitrogens with zero attached hydrogens (tertiary/aromatic N) is 1. The van der Waals surface area contributed by atoms with Crippen molar-refractivity contribution in [2.24, 2.45) is 4.99 Å². The molecular weight excluding hydrogens is 196 g/mol. The summed E-state index contributed by atoms with van der Waals surface area (Å²) in [6.07, 6.45) is 2.63. The van der Waals surface area contributed by atoms with Gasteiger partial charge < -0.3 is 9.73 Å². The van der Waals surface area contributed by atoms with Crippen LogP contribution in [0, 0.1) is 0 Å². The highest BCUT2D eigenvalue weighted by Gasteiger charge is 2.13. The molecule has 0 aliphatic carbocycles. The Labute approximate surface area is 88.0 Å². The summed E-state index contributed by atoms with van der Waals surface area (Å²) in [4.78, 5) is 4.37. The lowest BCUT2D eigenvalue weighted by Gasteiger charge is -2.03. The zero-order valence-corrected chi connectivity index (χ0v) is 9.01. The maximum atomic E-state index is 5.23. The Morgan fingerprint density at radius 1 is 1.71 bits per heavy atom. The molecule has 2 heterocycles. The van der Waals surface area contributed by atoms with Gasteiger partial charge in [-0.25, -0.2) is 0 Å². The van der Waals surface area contributed by atoms with Crippen molar-refractivity contribution in [3.8, 4) is 0 Å². The first-order valence-corrected chi connectivity index (χ1v) is 5.70. The molecule has 0 bridgehead atoms. The summed E-state index contributed by atoms with van der Waals surface area (Å²) < 4.78 is 5.23. The summed E-state index contributed by atoms with van der Waals surface area (Å²) in [6, 6.07) is 3.91. The second-order valence-corrected chi connectivity index (χ2v) is 4.76. The normalized spacial score (nSPS) is 20.9. The van der Waals surface area contributed by atoms with E-state index >= 15 is 0 Å². The van der Waals surface area contributed by atoms with Gasteiger partial charge in [-0.05, 0) is 12.1 Å². The van der Waals surface area contributed by atoms with Crippen molar-refractivity contribution in [1.29, 1.82) is 0 Å². The van der Waals surface area contributed by atoms with E-state index in [0.29, 0.717) is 5.25 Å². The summed E-state index contributed by atoms with van der Waals surface area (Å²) in [5.74, 6) is 1.02. The predicted molar refractivity (Wildman–Crippen MR) is 59.8 cm³/mol. The second-order valence-electron chi connectivity index (χ2n) is 3.33. The van der Waals surface area contributed by atoms with E-state index in [1.165, 1.54) is 0 Å². The number of thioether (sulfide) groups is 1. The predicted octanol–water partition coefficient (Wildman–Crippen LogP) is 1.90. The maximum absolute atomic E-state index is 5.23. The van der Waals surface area contributed by atoms with E-state index in [2.05, 4.69) is 17.2 Å². The van der Waals surface area contributed by atoms with Gasteiger partial charge in [0.25, 0.3) is 0 Å². The Kier molecular flexibility index (Phi) is 3.14. The molecule has 76 valence electrons. The van der Waals surface area contributed by atoms with Crippen molar-refractivity contribution in [3.63, 3.8) is 0 Å². The van der Waals surface area contributed by atoms with E-state index in [1.807, 2.05) is 23.9 Å². The monoisotopic (exact) mass is 210 g/mol. The van der Waals surface area contributed by atoms with Gasteiger partial charge in [-0.3, -0.25) is 4.99 Å². The largest absolute Gasteiger partial charge is 0.469 e. The Morgan fingerprint density at radius 2 is 2.64 bits per heavy atom. The molecule has 1 aliphatic heterocycles. The summed E-state index contributed by atoms with van der Waals surface area (Å²) in [5.41, 5.74) is 0. The van der Waals surface area contributed by atoms with Crippen molar-refractivity contribution in [1.82, 2.24) is 5.32 Å². The quantitative estimate of drug-likeness (QED) is 0.828. The van der Waals surface area contributed by atoms with Gasteiger partial charge in [0, 0.05) is 18.2 Å². The van der Waals surface area contributed by atoms with Gasteiger partial charge in [-0.2, -0.15) is 0 Å². The zero-order valence-electron chi connectivity index (χ0n) is 8.19. The van der Waals surface area contributed by atoms with E-state index in [1.54, 1.807) is 6.26 Å². The van der Waals surface area contributed by atoms with Crippen molar-refractivity contribution >= 4 is 16.9 Å². The van der Waals surface area contributed by atoms with Crippen molar-refractivity contribution in [2.45, 2.75) is 18.6 Å². The van der Waals surface area contributed by atoms with Gasteiger partial charge in [-0.1, -0.05) is 18.7 Å². The average molecular weight is 210 g/mol. The van der Waals surface area contributed by atoms with Crippen LogP contribution in [-0.4, -0.2) is 23.5 Å². The van der Waals surface area contributed by atoms with Gasteiger partial charge >= 0.3 is 0 Å². The number of rotatable bonds is 3. The minimum Gasteiger partial charge on any atom is -0.469 e. The molecule has 2 rings (SSSR count). The van der Waals surface area contributed by atoms with E-state index in [4.69, 9.17) is 4.42 Å². The van der Waals surface area contributed by atoms with Crippen LogP contribution in [0.25, 0.3) is 0 Å². The molecule has 1 aromatic heterocycles. The van der Waals surface area contributed by atoms with Crippen LogP contribution in [0.3, 0.4) is 0 Å². The van der Waals surface area contributed by atoms with Crippen LogP contribution in [0.4, 0.5) is 0 Å². The summed E-state index contributed by atoms with van der Waals surface area (Å²) in [5, 5.41) is 5.00. The summed E-state index contributed by atoms with van der Waals surface area (Å²) in [7, 11) is 0. The van der Waals surface area contributed by atoms with Gasteiger partial charge in [0.1, 0.15) is 5.76 Å². The third kappa shape index (κ3) is 2.54. The summed E-state index contributed by atoms with van der Waals surface area (Å²) in [6.45, 7) is 4.02. The fraction of sp³-hybridized carbons (Fsp3) is 0.500. The van der Waals surface area contributed by atoms with Crippen LogP contribution in [-0.2, 0) is 6.42 Å². The fourth-order valence-corrected chi connectivity index (χ4v) is 2.19. The topological polar surface area (TPSA) is 37.5 Å². The van der Waals surface area contributed by atoms with Crippen molar-refractivity contribution < 1.29 is 4.42 Å². The number of hydrogen-bond acceptors (Lipinski definition) is 4. The molecule has 4 heteroatoms. The smallest absolute Gasteiger partial charge is 0.156 e. The SMILES string of the molecule is CC1CN=C(NCCc2ccco2)S1. The minimum absolute atomic E-state index is 0.626. The first kappa shape index (κ1) is 9.65. The van der Waals surface area contributed by atoms with Crippen LogP contribution >= 0.6 is 11.8 Å². The molecule has 1 aromatic rings. The van der Waals surface area contributed by atoms with Crippen LogP contribution in [0.5, 0.6) is 0 Å². The molecule has 1 unspecified atom stereocenters. The fourth-order valence-electron chi connectivity index (χ4n) is 1.32. The van der Waals surface area contributed by atoms with E-state index in [9.17, 15) is 0 Å². The first-order chi connectivity index (χ1) is 6.84. The summed E-state index contributed by atoms with van der Waals surface area (Å²) >= 11 is 1.81.